The summed E-state index contributed by atoms with van der Waals surface area (Å²) >= 11 is 2.54. The number of thioether (sulfide) groups is 1. The highest BCUT2D eigenvalue weighted by Gasteiger charge is 2.22. The van der Waals surface area contributed by atoms with E-state index in [0.717, 1.165) is 4.90 Å². The third kappa shape index (κ3) is 2.93. The van der Waals surface area contributed by atoms with Crippen molar-refractivity contribution in [3.63, 3.8) is 0 Å². The monoisotopic (exact) mass is 298 g/mol. The van der Waals surface area contributed by atoms with Crippen molar-refractivity contribution in [2.24, 2.45) is 7.05 Å². The van der Waals surface area contributed by atoms with Gasteiger partial charge in [0, 0.05) is 11.9 Å². The number of carboxylic acid groups (broad SMARTS) is 1. The van der Waals surface area contributed by atoms with Gasteiger partial charge < -0.3 is 5.11 Å². The summed E-state index contributed by atoms with van der Waals surface area (Å²) in [5.41, 5.74) is 0.185. The zero-order valence-corrected chi connectivity index (χ0v) is 11.9. The second kappa shape index (κ2) is 5.66. The maximum Gasteiger partial charge on any atom is 0.341 e. The number of hydrogen-bond donors (Lipinski definition) is 1. The van der Waals surface area contributed by atoms with E-state index in [1.807, 2.05) is 0 Å². The zero-order valence-electron chi connectivity index (χ0n) is 10.3. The predicted octanol–water partition coefficient (Wildman–Crippen LogP) is 3.13. The summed E-state index contributed by atoms with van der Waals surface area (Å²) in [7, 11) is 1.69. The maximum atomic E-state index is 12.8. The van der Waals surface area contributed by atoms with Crippen LogP contribution >= 0.6 is 23.5 Å². The molecule has 19 heavy (non-hydrogen) atoms. The van der Waals surface area contributed by atoms with Crippen molar-refractivity contribution < 1.29 is 14.3 Å². The van der Waals surface area contributed by atoms with E-state index >= 15 is 0 Å². The van der Waals surface area contributed by atoms with Gasteiger partial charge in [-0.25, -0.2) is 9.18 Å². The Morgan fingerprint density at radius 2 is 2.00 bits per heavy atom. The summed E-state index contributed by atoms with van der Waals surface area (Å²) in [6.07, 6.45) is 1.78. The molecule has 0 saturated heterocycles. The Hall–Kier alpha value is -1.47. The molecular formula is C12H11FN2O2S2. The third-order valence-corrected chi connectivity index (χ3v) is 4.24. The molecule has 4 nitrogen and oxygen atoms in total. The van der Waals surface area contributed by atoms with Gasteiger partial charge in [0.1, 0.15) is 21.4 Å². The van der Waals surface area contributed by atoms with Gasteiger partial charge in [0.2, 0.25) is 0 Å². The molecule has 0 amide bonds. The van der Waals surface area contributed by atoms with E-state index in [9.17, 15) is 14.3 Å². The summed E-state index contributed by atoms with van der Waals surface area (Å²) in [5.74, 6) is -1.33. The summed E-state index contributed by atoms with van der Waals surface area (Å²) < 4.78 is 14.4. The van der Waals surface area contributed by atoms with E-state index in [1.54, 1.807) is 25.4 Å². The van der Waals surface area contributed by atoms with Gasteiger partial charge in [-0.2, -0.15) is 5.10 Å². The van der Waals surface area contributed by atoms with E-state index < -0.39 is 5.97 Å². The average Bonchev–Trinajstić information content (AvgIpc) is 2.69. The fourth-order valence-corrected chi connectivity index (χ4v) is 3.15. The van der Waals surface area contributed by atoms with E-state index in [-0.39, 0.29) is 11.4 Å². The molecule has 0 aliphatic rings. The minimum Gasteiger partial charge on any atom is -0.477 e. The second-order valence-corrected chi connectivity index (χ2v) is 5.53. The minimum atomic E-state index is -1.01. The second-order valence-electron chi connectivity index (χ2n) is 3.67. The van der Waals surface area contributed by atoms with Gasteiger partial charge in [0.05, 0.1) is 0 Å². The molecule has 0 saturated carbocycles. The molecular weight excluding hydrogens is 287 g/mol. The first-order valence-electron chi connectivity index (χ1n) is 5.30. The van der Waals surface area contributed by atoms with Crippen LogP contribution in [0.15, 0.2) is 39.2 Å². The number of nitrogens with zero attached hydrogens (tertiary/aromatic N) is 2. The molecule has 1 aromatic carbocycles. The molecule has 1 heterocycles. The Labute approximate surface area is 118 Å². The number of carboxylic acids is 1. The van der Waals surface area contributed by atoms with Gasteiger partial charge in [-0.05, 0) is 30.5 Å². The molecule has 0 spiro atoms. The molecule has 0 fully saturated rings. The van der Waals surface area contributed by atoms with E-state index in [2.05, 4.69) is 5.10 Å². The molecule has 0 unspecified atom stereocenters. The summed E-state index contributed by atoms with van der Waals surface area (Å²) in [5, 5.41) is 14.4. The first-order chi connectivity index (χ1) is 9.02. The third-order valence-electron chi connectivity index (χ3n) is 2.40. The van der Waals surface area contributed by atoms with Gasteiger partial charge in [-0.1, -0.05) is 11.8 Å². The SMILES string of the molecule is CSc1nn(C)c(Sc2ccc(F)cc2)c1C(=O)O. The number of benzene rings is 1. The van der Waals surface area contributed by atoms with Crippen molar-refractivity contribution in [3.05, 3.63) is 35.6 Å². The van der Waals surface area contributed by atoms with Crippen LogP contribution in [-0.2, 0) is 7.05 Å². The maximum absolute atomic E-state index is 12.8. The van der Waals surface area contributed by atoms with Gasteiger partial charge in [0.15, 0.2) is 0 Å². The Bertz CT molecular complexity index is 611. The number of halogens is 1. The molecule has 0 bridgehead atoms. The molecule has 1 N–H and O–H groups in total. The predicted molar refractivity (Wildman–Crippen MR) is 72.5 cm³/mol. The quantitative estimate of drug-likeness (QED) is 0.879. The van der Waals surface area contributed by atoms with Crippen LogP contribution in [0, 0.1) is 5.82 Å². The molecule has 7 heteroatoms. The first-order valence-corrected chi connectivity index (χ1v) is 7.34. The molecule has 0 aliphatic heterocycles. The Morgan fingerprint density at radius 3 is 2.53 bits per heavy atom. The van der Waals surface area contributed by atoms with Crippen LogP contribution in [-0.4, -0.2) is 27.1 Å². The van der Waals surface area contributed by atoms with Crippen LogP contribution in [0.4, 0.5) is 4.39 Å². The minimum absolute atomic E-state index is 0.185. The molecule has 0 radical (unpaired) electrons. The van der Waals surface area contributed by atoms with Crippen LogP contribution in [0.5, 0.6) is 0 Å². The number of aromatic nitrogens is 2. The zero-order chi connectivity index (χ0) is 14.0. The lowest BCUT2D eigenvalue weighted by molar-refractivity contribution is 0.0689. The van der Waals surface area contributed by atoms with Gasteiger partial charge in [-0.15, -0.1) is 11.8 Å². The van der Waals surface area contributed by atoms with Crippen molar-refractivity contribution in [1.29, 1.82) is 0 Å². The molecule has 0 atom stereocenters. The van der Waals surface area contributed by atoms with Crippen LogP contribution in [0.3, 0.4) is 0 Å². The topological polar surface area (TPSA) is 55.1 Å². The van der Waals surface area contributed by atoms with E-state index in [1.165, 1.54) is 40.3 Å². The van der Waals surface area contributed by atoms with E-state index in [0.29, 0.717) is 10.1 Å². The molecule has 1 aromatic heterocycles. The van der Waals surface area contributed by atoms with Crippen molar-refractivity contribution in [2.45, 2.75) is 14.9 Å². The Morgan fingerprint density at radius 1 is 1.37 bits per heavy atom. The fourth-order valence-electron chi connectivity index (χ4n) is 1.54. The smallest absolute Gasteiger partial charge is 0.341 e. The summed E-state index contributed by atoms with van der Waals surface area (Å²) in [6, 6.07) is 5.90. The van der Waals surface area contributed by atoms with E-state index in [4.69, 9.17) is 0 Å². The largest absolute Gasteiger partial charge is 0.477 e. The van der Waals surface area contributed by atoms with Gasteiger partial charge >= 0.3 is 5.97 Å². The highest BCUT2D eigenvalue weighted by Crippen LogP contribution is 2.34. The van der Waals surface area contributed by atoms with Crippen molar-refractivity contribution in [2.75, 3.05) is 6.26 Å². The van der Waals surface area contributed by atoms with Gasteiger partial charge in [-0.3, -0.25) is 4.68 Å². The molecule has 100 valence electrons. The summed E-state index contributed by atoms with van der Waals surface area (Å²) in [6.45, 7) is 0. The van der Waals surface area contributed by atoms with Crippen molar-refractivity contribution in [3.8, 4) is 0 Å². The fraction of sp³-hybridized carbons (Fsp3) is 0.167. The van der Waals surface area contributed by atoms with Gasteiger partial charge in [0.25, 0.3) is 0 Å². The van der Waals surface area contributed by atoms with Crippen LogP contribution in [0.2, 0.25) is 0 Å². The first kappa shape index (κ1) is 14.0. The lowest BCUT2D eigenvalue weighted by Crippen LogP contribution is -2.00. The number of rotatable bonds is 4. The van der Waals surface area contributed by atoms with Crippen LogP contribution in [0.25, 0.3) is 0 Å². The lowest BCUT2D eigenvalue weighted by atomic mass is 10.3. The van der Waals surface area contributed by atoms with Crippen molar-refractivity contribution in [1.82, 2.24) is 9.78 Å². The standard InChI is InChI=1S/C12H11FN2O2S2/c1-15-11(9(12(16)17)10(14-15)18-2)19-8-5-3-7(13)4-6-8/h3-6H,1-2H3,(H,16,17). The number of carbonyl (C=O) groups is 1. The number of aryl methyl sites for hydroxylation is 1. The van der Waals surface area contributed by atoms with Crippen LogP contribution in [0.1, 0.15) is 10.4 Å². The Kier molecular flexibility index (Phi) is 4.16. The van der Waals surface area contributed by atoms with Crippen molar-refractivity contribution >= 4 is 29.5 Å². The average molecular weight is 298 g/mol. The van der Waals surface area contributed by atoms with Crippen LogP contribution < -0.4 is 0 Å². The highest BCUT2D eigenvalue weighted by atomic mass is 32.2. The highest BCUT2D eigenvalue weighted by molar-refractivity contribution is 8.00. The molecule has 0 aliphatic carbocycles. The number of aromatic carboxylic acids is 1. The lowest BCUT2D eigenvalue weighted by Gasteiger charge is -2.03. The summed E-state index contributed by atoms with van der Waals surface area (Å²) in [4.78, 5) is 12.1. The molecule has 2 rings (SSSR count). The molecule has 2 aromatic rings. The number of hydrogen-bond acceptors (Lipinski definition) is 4. The Balaban J connectivity index is 2.41. The normalized spacial score (nSPS) is 10.7.